The van der Waals surface area contributed by atoms with Crippen LogP contribution in [-0.4, -0.2) is 36.1 Å². The topological polar surface area (TPSA) is 79.7 Å². The first-order valence-corrected chi connectivity index (χ1v) is 13.2. The molecule has 0 amide bonds. The van der Waals surface area contributed by atoms with Crippen molar-refractivity contribution in [2.24, 2.45) is 0 Å². The molecule has 0 saturated heterocycles. The van der Waals surface area contributed by atoms with E-state index in [1.807, 2.05) is 0 Å². The van der Waals surface area contributed by atoms with E-state index in [2.05, 4.69) is 69.1 Å². The Bertz CT molecular complexity index is 1190. The van der Waals surface area contributed by atoms with Crippen LogP contribution in [0.25, 0.3) is 10.9 Å². The number of fused-ring (bicyclic) bond motifs is 1. The lowest BCUT2D eigenvalue weighted by atomic mass is 9.95. The number of hydrogen-bond acceptors (Lipinski definition) is 5. The maximum absolute atomic E-state index is 13.2. The summed E-state index contributed by atoms with van der Waals surface area (Å²) in [5.41, 5.74) is 4.13. The van der Waals surface area contributed by atoms with Crippen molar-refractivity contribution in [3.63, 3.8) is 0 Å². The Morgan fingerprint density at radius 1 is 1.06 bits per heavy atom. The number of tetrazole rings is 1. The van der Waals surface area contributed by atoms with Gasteiger partial charge in [-0.3, -0.25) is 9.69 Å². The van der Waals surface area contributed by atoms with Crippen molar-refractivity contribution in [1.82, 2.24) is 30.1 Å². The van der Waals surface area contributed by atoms with Crippen LogP contribution in [0.5, 0.6) is 0 Å². The van der Waals surface area contributed by atoms with Gasteiger partial charge in [-0.2, -0.15) is 0 Å². The van der Waals surface area contributed by atoms with E-state index in [-0.39, 0.29) is 11.6 Å². The van der Waals surface area contributed by atoms with Gasteiger partial charge >= 0.3 is 0 Å². The van der Waals surface area contributed by atoms with Crippen molar-refractivity contribution in [2.45, 2.75) is 110 Å². The standard InChI is InChI=1S/C27H38N6O/c1-4-24(26-29-30-31-33(26)23-12-6-5-7-13-23)32(22-10-8-9-11-22)17-21-16-20-15-18(2)14-19(3)25(20)28-27(21)34/h14-16,22-24H,4-13,17H2,1-3H3,(H,28,34). The fourth-order valence-electron chi connectivity index (χ4n) is 6.35. The fourth-order valence-corrected chi connectivity index (χ4v) is 6.35. The molecule has 2 aromatic heterocycles. The second-order valence-electron chi connectivity index (χ2n) is 10.5. The van der Waals surface area contributed by atoms with Gasteiger partial charge in [-0.05, 0) is 79.5 Å². The number of H-pyrrole nitrogens is 1. The summed E-state index contributed by atoms with van der Waals surface area (Å²) in [5, 5.41) is 14.3. The fraction of sp³-hybridized carbons (Fsp3) is 0.630. The lowest BCUT2D eigenvalue weighted by Gasteiger charge is -2.36. The molecule has 2 saturated carbocycles. The molecule has 0 radical (unpaired) electrons. The predicted octanol–water partition coefficient (Wildman–Crippen LogP) is 5.53. The average Bonchev–Trinajstić information content (AvgIpc) is 3.53. The van der Waals surface area contributed by atoms with E-state index in [1.54, 1.807) is 0 Å². The molecule has 3 aromatic rings. The average molecular weight is 463 g/mol. The molecule has 1 unspecified atom stereocenters. The van der Waals surface area contributed by atoms with Crippen LogP contribution < -0.4 is 5.56 Å². The third kappa shape index (κ3) is 4.54. The number of benzene rings is 1. The number of hydrogen-bond donors (Lipinski definition) is 1. The first kappa shape index (κ1) is 23.2. The van der Waals surface area contributed by atoms with E-state index in [1.165, 1.54) is 50.5 Å². The normalized spacial score (nSPS) is 18.8. The van der Waals surface area contributed by atoms with Crippen molar-refractivity contribution in [1.29, 1.82) is 0 Å². The summed E-state index contributed by atoms with van der Waals surface area (Å²) < 4.78 is 2.12. The Morgan fingerprint density at radius 2 is 1.79 bits per heavy atom. The van der Waals surface area contributed by atoms with Crippen LogP contribution >= 0.6 is 0 Å². The molecule has 34 heavy (non-hydrogen) atoms. The maximum Gasteiger partial charge on any atom is 0.252 e. The number of aromatic amines is 1. The number of aromatic nitrogens is 5. The maximum atomic E-state index is 13.2. The molecule has 2 aliphatic carbocycles. The van der Waals surface area contributed by atoms with Crippen LogP contribution in [0.2, 0.25) is 0 Å². The first-order valence-electron chi connectivity index (χ1n) is 13.2. The Kier molecular flexibility index (Phi) is 6.82. The molecule has 5 rings (SSSR count). The van der Waals surface area contributed by atoms with Crippen LogP contribution in [-0.2, 0) is 6.54 Å². The lowest BCUT2D eigenvalue weighted by Crippen LogP contribution is -2.39. The van der Waals surface area contributed by atoms with E-state index < -0.39 is 0 Å². The Balaban J connectivity index is 1.52. The first-order chi connectivity index (χ1) is 16.5. The van der Waals surface area contributed by atoms with E-state index in [0.717, 1.165) is 47.1 Å². The van der Waals surface area contributed by atoms with Gasteiger partial charge in [-0.25, -0.2) is 4.68 Å². The van der Waals surface area contributed by atoms with Crippen molar-refractivity contribution in [3.05, 3.63) is 51.1 Å². The highest BCUT2D eigenvalue weighted by molar-refractivity contribution is 5.82. The number of aryl methyl sites for hydroxylation is 2. The third-order valence-electron chi connectivity index (χ3n) is 8.04. The SMILES string of the molecule is CCC(c1nnnn1C1CCCCC1)N(Cc1cc2cc(C)cc(C)c2[nH]c1=O)C1CCCC1. The Labute approximate surface area is 201 Å². The minimum Gasteiger partial charge on any atom is -0.321 e. The smallest absolute Gasteiger partial charge is 0.252 e. The second kappa shape index (κ2) is 9.98. The van der Waals surface area contributed by atoms with Gasteiger partial charge in [0.25, 0.3) is 5.56 Å². The summed E-state index contributed by atoms with van der Waals surface area (Å²) in [7, 11) is 0. The van der Waals surface area contributed by atoms with Gasteiger partial charge in [0.1, 0.15) is 0 Å². The van der Waals surface area contributed by atoms with Gasteiger partial charge in [0.15, 0.2) is 5.82 Å². The van der Waals surface area contributed by atoms with Gasteiger partial charge < -0.3 is 4.98 Å². The number of nitrogens with zero attached hydrogens (tertiary/aromatic N) is 5. The van der Waals surface area contributed by atoms with Gasteiger partial charge in [0.05, 0.1) is 17.6 Å². The molecule has 0 aliphatic heterocycles. The van der Waals surface area contributed by atoms with E-state index >= 15 is 0 Å². The number of rotatable bonds is 7. The van der Waals surface area contributed by atoms with Gasteiger partial charge in [0.2, 0.25) is 0 Å². The Morgan fingerprint density at radius 3 is 2.53 bits per heavy atom. The van der Waals surface area contributed by atoms with Crippen LogP contribution in [0.3, 0.4) is 0 Å². The van der Waals surface area contributed by atoms with Crippen molar-refractivity contribution in [2.75, 3.05) is 0 Å². The lowest BCUT2D eigenvalue weighted by molar-refractivity contribution is 0.109. The summed E-state index contributed by atoms with van der Waals surface area (Å²) in [6.07, 6.45) is 11.9. The van der Waals surface area contributed by atoms with Gasteiger partial charge in [-0.15, -0.1) is 5.10 Å². The van der Waals surface area contributed by atoms with Crippen molar-refractivity contribution >= 4 is 10.9 Å². The summed E-state index contributed by atoms with van der Waals surface area (Å²) in [6.45, 7) is 7.02. The zero-order valence-corrected chi connectivity index (χ0v) is 20.9. The van der Waals surface area contributed by atoms with E-state index in [4.69, 9.17) is 0 Å². The quantitative estimate of drug-likeness (QED) is 0.499. The molecule has 2 aliphatic rings. The Hall–Kier alpha value is -2.54. The van der Waals surface area contributed by atoms with Crippen LogP contribution in [0.1, 0.15) is 106 Å². The minimum absolute atomic E-state index is 0.0178. The molecule has 1 aromatic carbocycles. The number of pyridine rings is 1. The minimum atomic E-state index is 0.0178. The molecule has 2 heterocycles. The van der Waals surface area contributed by atoms with Crippen LogP contribution in [0.4, 0.5) is 0 Å². The van der Waals surface area contributed by atoms with E-state index in [9.17, 15) is 4.79 Å². The molecule has 7 nitrogen and oxygen atoms in total. The molecule has 2 fully saturated rings. The highest BCUT2D eigenvalue weighted by atomic mass is 16.1. The molecule has 1 N–H and O–H groups in total. The summed E-state index contributed by atoms with van der Waals surface area (Å²) >= 11 is 0. The predicted molar refractivity (Wildman–Crippen MR) is 135 cm³/mol. The third-order valence-corrected chi connectivity index (χ3v) is 8.04. The molecule has 182 valence electrons. The molecular weight excluding hydrogens is 424 g/mol. The van der Waals surface area contributed by atoms with Gasteiger partial charge in [-0.1, -0.05) is 50.7 Å². The van der Waals surface area contributed by atoms with Gasteiger partial charge in [0, 0.05) is 18.2 Å². The van der Waals surface area contributed by atoms with Crippen molar-refractivity contribution in [3.8, 4) is 0 Å². The molecule has 1 atom stereocenters. The zero-order valence-electron chi connectivity index (χ0n) is 20.9. The summed E-state index contributed by atoms with van der Waals surface area (Å²) in [5.74, 6) is 0.977. The highest BCUT2D eigenvalue weighted by Gasteiger charge is 2.34. The monoisotopic (exact) mass is 462 g/mol. The zero-order chi connectivity index (χ0) is 23.7. The van der Waals surface area contributed by atoms with Crippen LogP contribution in [0.15, 0.2) is 23.0 Å². The largest absolute Gasteiger partial charge is 0.321 e. The highest BCUT2D eigenvalue weighted by Crippen LogP contribution is 2.36. The number of nitrogens with one attached hydrogen (secondary N) is 1. The molecule has 7 heteroatoms. The summed E-state index contributed by atoms with van der Waals surface area (Å²) in [6, 6.07) is 7.36. The van der Waals surface area contributed by atoms with E-state index in [0.29, 0.717) is 18.6 Å². The second-order valence-corrected chi connectivity index (χ2v) is 10.5. The molecule has 0 bridgehead atoms. The van der Waals surface area contributed by atoms with Crippen molar-refractivity contribution < 1.29 is 0 Å². The molecule has 0 spiro atoms. The molecular formula is C27H38N6O. The summed E-state index contributed by atoms with van der Waals surface area (Å²) in [4.78, 5) is 18.9. The van der Waals surface area contributed by atoms with Crippen LogP contribution in [0, 0.1) is 13.8 Å².